The number of amides is 2. The molecule has 214 valence electrons. The molecule has 0 aliphatic heterocycles. The van der Waals surface area contributed by atoms with Crippen molar-refractivity contribution in [2.24, 2.45) is 0 Å². The Morgan fingerprint density at radius 1 is 0.875 bits per heavy atom. The number of hydrogen-bond acceptors (Lipinski definition) is 5. The minimum absolute atomic E-state index is 0.0940. The van der Waals surface area contributed by atoms with Gasteiger partial charge in [-0.15, -0.1) is 11.8 Å². The number of nitrogens with zero attached hydrogens (tertiary/aromatic N) is 2. The Labute approximate surface area is 243 Å². The van der Waals surface area contributed by atoms with Crippen LogP contribution in [0.1, 0.15) is 43.4 Å². The smallest absolute Gasteiger partial charge is 0.264 e. The topological polar surface area (TPSA) is 86.8 Å². The normalized spacial score (nSPS) is 12.0. The van der Waals surface area contributed by atoms with Gasteiger partial charge in [0.05, 0.1) is 10.6 Å². The van der Waals surface area contributed by atoms with E-state index < -0.39 is 28.5 Å². The van der Waals surface area contributed by atoms with Gasteiger partial charge in [0.2, 0.25) is 11.8 Å². The molecule has 0 fully saturated rings. The van der Waals surface area contributed by atoms with Crippen LogP contribution in [0.15, 0.2) is 82.6 Å². The van der Waals surface area contributed by atoms with Gasteiger partial charge in [-0.2, -0.15) is 0 Å². The first-order valence-corrected chi connectivity index (χ1v) is 16.1. The molecule has 7 nitrogen and oxygen atoms in total. The zero-order valence-corrected chi connectivity index (χ0v) is 25.5. The van der Waals surface area contributed by atoms with Gasteiger partial charge in [-0.25, -0.2) is 8.42 Å². The molecule has 0 spiro atoms. The second-order valence-electron chi connectivity index (χ2n) is 9.75. The Morgan fingerprint density at radius 3 is 1.98 bits per heavy atom. The van der Waals surface area contributed by atoms with Crippen molar-refractivity contribution in [1.29, 1.82) is 0 Å². The lowest BCUT2D eigenvalue weighted by Gasteiger charge is -2.33. The van der Waals surface area contributed by atoms with Crippen molar-refractivity contribution < 1.29 is 18.0 Å². The first-order valence-electron chi connectivity index (χ1n) is 13.5. The molecule has 0 saturated heterocycles. The average molecular weight is 582 g/mol. The van der Waals surface area contributed by atoms with Crippen LogP contribution in [0, 0.1) is 13.8 Å². The molecule has 0 bridgehead atoms. The number of rotatable bonds is 13. The van der Waals surface area contributed by atoms with Gasteiger partial charge in [-0.3, -0.25) is 13.9 Å². The van der Waals surface area contributed by atoms with Crippen LogP contribution < -0.4 is 9.62 Å². The van der Waals surface area contributed by atoms with Crippen molar-refractivity contribution in [3.8, 4) is 0 Å². The van der Waals surface area contributed by atoms with Crippen LogP contribution in [0.2, 0.25) is 0 Å². The highest BCUT2D eigenvalue weighted by atomic mass is 32.2. The summed E-state index contributed by atoms with van der Waals surface area (Å²) in [6, 6.07) is 20.7. The van der Waals surface area contributed by atoms with Crippen LogP contribution in [-0.2, 0) is 26.2 Å². The largest absolute Gasteiger partial charge is 0.354 e. The molecule has 0 aliphatic carbocycles. The van der Waals surface area contributed by atoms with Crippen LogP contribution in [0.25, 0.3) is 0 Å². The van der Waals surface area contributed by atoms with Crippen molar-refractivity contribution in [2.75, 3.05) is 23.7 Å². The lowest BCUT2D eigenvalue weighted by Crippen LogP contribution is -2.52. The number of carbonyl (C=O) groups excluding carboxylic acids is 2. The molecule has 3 rings (SSSR count). The molecule has 0 radical (unpaired) electrons. The van der Waals surface area contributed by atoms with Crippen molar-refractivity contribution in [1.82, 2.24) is 10.2 Å². The van der Waals surface area contributed by atoms with E-state index in [4.69, 9.17) is 0 Å². The maximum absolute atomic E-state index is 14.1. The first kappa shape index (κ1) is 31.2. The quantitative estimate of drug-likeness (QED) is 0.267. The van der Waals surface area contributed by atoms with Gasteiger partial charge in [-0.05, 0) is 74.9 Å². The third-order valence-electron chi connectivity index (χ3n) is 6.66. The van der Waals surface area contributed by atoms with E-state index in [2.05, 4.69) is 5.32 Å². The fraction of sp³-hybridized carbons (Fsp3) is 0.355. The van der Waals surface area contributed by atoms with E-state index in [1.54, 1.807) is 36.4 Å². The Bertz CT molecular complexity index is 1370. The number of anilines is 1. The van der Waals surface area contributed by atoms with Crippen molar-refractivity contribution in [3.63, 3.8) is 0 Å². The highest BCUT2D eigenvalue weighted by Gasteiger charge is 2.33. The number of carbonyl (C=O) groups is 2. The summed E-state index contributed by atoms with van der Waals surface area (Å²) in [6.07, 6.45) is 3.08. The predicted molar refractivity (Wildman–Crippen MR) is 163 cm³/mol. The SMILES string of the molecule is CCCNC(=O)[C@H](CC)N(Cc1ccc(C)cc1)C(=O)CN(c1ccc(C)cc1)S(=O)(=O)c1ccc(SC)cc1. The maximum atomic E-state index is 14.1. The summed E-state index contributed by atoms with van der Waals surface area (Å²) in [6.45, 7) is 7.95. The van der Waals surface area contributed by atoms with E-state index in [0.29, 0.717) is 18.7 Å². The van der Waals surface area contributed by atoms with Gasteiger partial charge in [0.25, 0.3) is 10.0 Å². The molecule has 1 atom stereocenters. The summed E-state index contributed by atoms with van der Waals surface area (Å²) in [5.74, 6) is -0.703. The third-order valence-corrected chi connectivity index (χ3v) is 9.19. The van der Waals surface area contributed by atoms with E-state index in [-0.39, 0.29) is 17.3 Å². The minimum atomic E-state index is -4.09. The standard InChI is InChI=1S/C31H39N3O4S2/c1-6-20-32-31(36)29(7-2)33(21-25-12-8-23(3)9-13-25)30(35)22-34(26-14-10-24(4)11-15-26)40(37,38)28-18-16-27(39-5)17-19-28/h8-19,29H,6-7,20-22H2,1-5H3,(H,32,36)/t29-/m0/s1. The van der Waals surface area contributed by atoms with Crippen molar-refractivity contribution in [2.45, 2.75) is 62.9 Å². The Kier molecular flexibility index (Phi) is 11.2. The molecule has 0 aromatic heterocycles. The van der Waals surface area contributed by atoms with Crippen LogP contribution in [0.5, 0.6) is 0 Å². The van der Waals surface area contributed by atoms with E-state index in [1.165, 1.54) is 16.7 Å². The molecule has 3 aromatic carbocycles. The van der Waals surface area contributed by atoms with E-state index >= 15 is 0 Å². The summed E-state index contributed by atoms with van der Waals surface area (Å²) in [4.78, 5) is 29.7. The zero-order valence-electron chi connectivity index (χ0n) is 23.9. The van der Waals surface area contributed by atoms with E-state index in [1.807, 2.05) is 70.3 Å². The van der Waals surface area contributed by atoms with E-state index in [9.17, 15) is 18.0 Å². The van der Waals surface area contributed by atoms with Crippen LogP contribution in [0.3, 0.4) is 0 Å². The van der Waals surface area contributed by atoms with Gasteiger partial charge in [-0.1, -0.05) is 61.4 Å². The van der Waals surface area contributed by atoms with Crippen LogP contribution in [0.4, 0.5) is 5.69 Å². The van der Waals surface area contributed by atoms with Gasteiger partial charge in [0.1, 0.15) is 12.6 Å². The predicted octanol–water partition coefficient (Wildman–Crippen LogP) is 5.55. The third kappa shape index (κ3) is 7.88. The Hall–Kier alpha value is -3.30. The summed E-state index contributed by atoms with van der Waals surface area (Å²) in [5, 5.41) is 2.91. The fourth-order valence-corrected chi connectivity index (χ4v) is 6.11. The fourth-order valence-electron chi connectivity index (χ4n) is 4.29. The molecular weight excluding hydrogens is 542 g/mol. The van der Waals surface area contributed by atoms with Gasteiger partial charge in [0, 0.05) is 18.0 Å². The number of nitrogens with one attached hydrogen (secondary N) is 1. The number of aryl methyl sites for hydroxylation is 2. The maximum Gasteiger partial charge on any atom is 0.264 e. The number of sulfonamides is 1. The highest BCUT2D eigenvalue weighted by molar-refractivity contribution is 7.98. The number of hydrogen-bond donors (Lipinski definition) is 1. The molecule has 3 aromatic rings. The molecule has 0 aliphatic rings. The minimum Gasteiger partial charge on any atom is -0.354 e. The summed E-state index contributed by atoms with van der Waals surface area (Å²) < 4.78 is 29.1. The van der Waals surface area contributed by atoms with Crippen molar-refractivity contribution >= 4 is 39.3 Å². The first-order chi connectivity index (χ1) is 19.1. The summed E-state index contributed by atoms with van der Waals surface area (Å²) in [7, 11) is -4.09. The van der Waals surface area contributed by atoms with Crippen molar-refractivity contribution in [3.05, 3.63) is 89.5 Å². The Morgan fingerprint density at radius 2 is 1.45 bits per heavy atom. The lowest BCUT2D eigenvalue weighted by molar-refractivity contribution is -0.140. The highest BCUT2D eigenvalue weighted by Crippen LogP contribution is 2.27. The number of benzene rings is 3. The van der Waals surface area contributed by atoms with E-state index in [0.717, 1.165) is 32.3 Å². The molecule has 9 heteroatoms. The molecule has 0 saturated carbocycles. The van der Waals surface area contributed by atoms with Gasteiger partial charge < -0.3 is 10.2 Å². The van der Waals surface area contributed by atoms with Gasteiger partial charge >= 0.3 is 0 Å². The lowest BCUT2D eigenvalue weighted by atomic mass is 10.1. The molecule has 0 unspecified atom stereocenters. The second kappa shape index (κ2) is 14.4. The second-order valence-corrected chi connectivity index (χ2v) is 12.5. The summed E-state index contributed by atoms with van der Waals surface area (Å²) in [5.41, 5.74) is 3.29. The summed E-state index contributed by atoms with van der Waals surface area (Å²) >= 11 is 1.52. The number of thioether (sulfide) groups is 1. The van der Waals surface area contributed by atoms with Crippen LogP contribution >= 0.6 is 11.8 Å². The molecule has 0 heterocycles. The zero-order chi connectivity index (χ0) is 29.3. The van der Waals surface area contributed by atoms with Gasteiger partial charge in [0.15, 0.2) is 0 Å². The molecule has 1 N–H and O–H groups in total. The van der Waals surface area contributed by atoms with Crippen LogP contribution in [-0.4, -0.2) is 50.5 Å². The average Bonchev–Trinajstić information content (AvgIpc) is 2.96. The molecule has 40 heavy (non-hydrogen) atoms. The monoisotopic (exact) mass is 581 g/mol. The molecule has 2 amide bonds. The Balaban J connectivity index is 2.04. The molecular formula is C31H39N3O4S2.